The summed E-state index contributed by atoms with van der Waals surface area (Å²) >= 11 is 0. The Labute approximate surface area is 121 Å². The van der Waals surface area contributed by atoms with Crippen LogP contribution < -0.4 is 4.74 Å². The number of carbonyl (C=O) groups excluding carboxylic acids is 1. The lowest BCUT2D eigenvalue weighted by Crippen LogP contribution is -2.10. The first-order valence-corrected chi connectivity index (χ1v) is 7.13. The second-order valence-electron chi connectivity index (χ2n) is 5.08. The van der Waals surface area contributed by atoms with Crippen molar-refractivity contribution in [3.8, 4) is 5.75 Å². The van der Waals surface area contributed by atoms with E-state index >= 15 is 0 Å². The molecule has 0 fully saturated rings. The fourth-order valence-electron chi connectivity index (χ4n) is 1.69. The Morgan fingerprint density at radius 3 is 2.45 bits per heavy atom. The van der Waals surface area contributed by atoms with Crippen LogP contribution in [0.3, 0.4) is 0 Å². The lowest BCUT2D eigenvalue weighted by Gasteiger charge is -2.10. The van der Waals surface area contributed by atoms with Crippen LogP contribution >= 0.6 is 0 Å². The van der Waals surface area contributed by atoms with E-state index in [9.17, 15) is 4.79 Å². The van der Waals surface area contributed by atoms with Gasteiger partial charge in [0.25, 0.3) is 0 Å². The van der Waals surface area contributed by atoms with Crippen LogP contribution in [-0.2, 0) is 16.0 Å². The highest BCUT2D eigenvalue weighted by atomic mass is 16.5. The zero-order valence-electron chi connectivity index (χ0n) is 12.6. The molecule has 0 bridgehead atoms. The van der Waals surface area contributed by atoms with Crippen molar-refractivity contribution in [3.63, 3.8) is 0 Å². The van der Waals surface area contributed by atoms with Crippen LogP contribution in [0.25, 0.3) is 0 Å². The minimum Gasteiger partial charge on any atom is -0.491 e. The van der Waals surface area contributed by atoms with Crippen molar-refractivity contribution >= 4 is 5.97 Å². The topological polar surface area (TPSA) is 35.5 Å². The lowest BCUT2D eigenvalue weighted by molar-refractivity contribution is -0.139. The summed E-state index contributed by atoms with van der Waals surface area (Å²) in [4.78, 5) is 11.7. The first kappa shape index (κ1) is 16.3. The van der Waals surface area contributed by atoms with E-state index < -0.39 is 0 Å². The van der Waals surface area contributed by atoms with Crippen LogP contribution in [0.4, 0.5) is 0 Å². The molecule has 0 aliphatic heterocycles. The van der Waals surface area contributed by atoms with Gasteiger partial charge >= 0.3 is 5.97 Å². The monoisotopic (exact) mass is 276 g/mol. The Hall–Kier alpha value is -1.77. The minimum absolute atomic E-state index is 0.157. The summed E-state index contributed by atoms with van der Waals surface area (Å²) in [7, 11) is 0. The second kappa shape index (κ2) is 8.41. The summed E-state index contributed by atoms with van der Waals surface area (Å²) in [6.07, 6.45) is 2.56. The van der Waals surface area contributed by atoms with Gasteiger partial charge in [-0.3, -0.25) is 0 Å². The Morgan fingerprint density at radius 1 is 1.25 bits per heavy atom. The molecule has 0 aliphatic carbocycles. The summed E-state index contributed by atoms with van der Waals surface area (Å²) in [6.45, 7) is 10.3. The summed E-state index contributed by atoms with van der Waals surface area (Å²) < 4.78 is 10.7. The molecule has 1 aromatic rings. The Bertz CT molecular complexity index is 432. The van der Waals surface area contributed by atoms with Gasteiger partial charge in [-0.15, -0.1) is 0 Å². The van der Waals surface area contributed by atoms with Crippen LogP contribution in [0.1, 0.15) is 39.2 Å². The van der Waals surface area contributed by atoms with Crippen molar-refractivity contribution < 1.29 is 14.3 Å². The first-order valence-electron chi connectivity index (χ1n) is 7.13. The van der Waals surface area contributed by atoms with Gasteiger partial charge in [-0.05, 0) is 38.0 Å². The van der Waals surface area contributed by atoms with Gasteiger partial charge in [-0.1, -0.05) is 32.1 Å². The number of benzene rings is 1. The number of rotatable bonds is 8. The van der Waals surface area contributed by atoms with Crippen molar-refractivity contribution in [1.82, 2.24) is 0 Å². The molecule has 0 aliphatic rings. The van der Waals surface area contributed by atoms with Gasteiger partial charge in [0.1, 0.15) is 5.75 Å². The highest BCUT2D eigenvalue weighted by molar-refractivity contribution is 5.88. The van der Waals surface area contributed by atoms with Crippen molar-refractivity contribution in [2.75, 3.05) is 6.61 Å². The van der Waals surface area contributed by atoms with Crippen LogP contribution in [0.15, 0.2) is 36.4 Å². The number of hydrogen-bond donors (Lipinski definition) is 0. The molecule has 3 nitrogen and oxygen atoms in total. The maximum absolute atomic E-state index is 11.7. The molecule has 3 heteroatoms. The van der Waals surface area contributed by atoms with E-state index in [1.165, 1.54) is 0 Å². The van der Waals surface area contributed by atoms with Crippen LogP contribution in [-0.4, -0.2) is 18.7 Å². The third-order valence-corrected chi connectivity index (χ3v) is 2.73. The molecule has 0 amide bonds. The van der Waals surface area contributed by atoms with Gasteiger partial charge in [0.2, 0.25) is 0 Å². The van der Waals surface area contributed by atoms with E-state index in [2.05, 4.69) is 13.5 Å². The Balaban J connectivity index is 2.47. The Morgan fingerprint density at radius 2 is 1.90 bits per heavy atom. The summed E-state index contributed by atoms with van der Waals surface area (Å²) in [5, 5.41) is 0. The maximum Gasteiger partial charge on any atom is 0.333 e. The molecule has 0 aromatic heterocycles. The van der Waals surface area contributed by atoms with Gasteiger partial charge in [0.05, 0.1) is 12.7 Å². The smallest absolute Gasteiger partial charge is 0.333 e. The number of unbranched alkanes of at least 4 members (excludes halogenated alkanes) is 1. The molecule has 0 atom stereocenters. The molecular formula is C17H24O3. The van der Waals surface area contributed by atoms with E-state index in [4.69, 9.17) is 9.47 Å². The lowest BCUT2D eigenvalue weighted by atomic mass is 10.1. The van der Waals surface area contributed by atoms with Gasteiger partial charge in [-0.2, -0.15) is 0 Å². The Kier molecular flexibility index (Phi) is 6.85. The molecule has 1 rings (SSSR count). The van der Waals surface area contributed by atoms with Gasteiger partial charge in [0, 0.05) is 12.0 Å². The predicted octanol–water partition coefficient (Wildman–Crippen LogP) is 3.92. The molecule has 0 saturated heterocycles. The van der Waals surface area contributed by atoms with Crippen molar-refractivity contribution in [2.45, 2.75) is 46.1 Å². The maximum atomic E-state index is 11.7. The molecule has 110 valence electrons. The molecule has 0 N–H and O–H groups in total. The molecular weight excluding hydrogens is 252 g/mol. The zero-order valence-corrected chi connectivity index (χ0v) is 12.6. The summed E-state index contributed by atoms with van der Waals surface area (Å²) in [5.74, 6) is 0.529. The van der Waals surface area contributed by atoms with Crippen LogP contribution in [0.5, 0.6) is 5.75 Å². The number of esters is 1. The predicted molar refractivity (Wildman–Crippen MR) is 80.9 cm³/mol. The van der Waals surface area contributed by atoms with E-state index in [0.717, 1.165) is 24.2 Å². The molecule has 1 aromatic carbocycles. The summed E-state index contributed by atoms with van der Waals surface area (Å²) in [5.41, 5.74) is 1.51. The van der Waals surface area contributed by atoms with Crippen LogP contribution in [0.2, 0.25) is 0 Å². The molecule has 0 spiro atoms. The SMILES string of the molecule is C=C(Cc1ccc(OC(C)C)cc1)C(=O)OCCCC. The number of ether oxygens (including phenoxy) is 2. The highest BCUT2D eigenvalue weighted by Crippen LogP contribution is 2.16. The van der Waals surface area contributed by atoms with Gasteiger partial charge in [-0.25, -0.2) is 4.79 Å². The fraction of sp³-hybridized carbons (Fsp3) is 0.471. The van der Waals surface area contributed by atoms with E-state index in [1.54, 1.807) is 0 Å². The summed E-state index contributed by atoms with van der Waals surface area (Å²) in [6, 6.07) is 7.71. The van der Waals surface area contributed by atoms with Crippen molar-refractivity contribution in [2.24, 2.45) is 0 Å². The number of carbonyl (C=O) groups is 1. The average Bonchev–Trinajstić information content (AvgIpc) is 2.40. The van der Waals surface area contributed by atoms with E-state index in [1.807, 2.05) is 38.1 Å². The van der Waals surface area contributed by atoms with Gasteiger partial charge in [0.15, 0.2) is 0 Å². The van der Waals surface area contributed by atoms with E-state index in [-0.39, 0.29) is 12.1 Å². The minimum atomic E-state index is -0.305. The zero-order chi connectivity index (χ0) is 15.0. The average molecular weight is 276 g/mol. The first-order chi connectivity index (χ1) is 9.52. The standard InChI is InChI=1S/C17H24O3/c1-5-6-11-19-17(18)14(4)12-15-7-9-16(10-8-15)20-13(2)3/h7-10,13H,4-6,11-12H2,1-3H3. The molecule has 0 unspecified atom stereocenters. The number of hydrogen-bond acceptors (Lipinski definition) is 3. The van der Waals surface area contributed by atoms with Crippen LogP contribution in [0, 0.1) is 0 Å². The third-order valence-electron chi connectivity index (χ3n) is 2.73. The van der Waals surface area contributed by atoms with Crippen molar-refractivity contribution in [1.29, 1.82) is 0 Å². The third kappa shape index (κ3) is 5.91. The highest BCUT2D eigenvalue weighted by Gasteiger charge is 2.09. The normalized spacial score (nSPS) is 10.4. The second-order valence-corrected chi connectivity index (χ2v) is 5.08. The quantitative estimate of drug-likeness (QED) is 0.410. The molecule has 0 saturated carbocycles. The fourth-order valence-corrected chi connectivity index (χ4v) is 1.69. The van der Waals surface area contributed by atoms with Crippen molar-refractivity contribution in [3.05, 3.63) is 42.0 Å². The van der Waals surface area contributed by atoms with Gasteiger partial charge < -0.3 is 9.47 Å². The molecule has 0 heterocycles. The largest absolute Gasteiger partial charge is 0.491 e. The molecule has 20 heavy (non-hydrogen) atoms. The van der Waals surface area contributed by atoms with E-state index in [0.29, 0.717) is 18.6 Å². The molecule has 0 radical (unpaired) electrons.